The van der Waals surface area contributed by atoms with E-state index in [1.807, 2.05) is 0 Å². The van der Waals surface area contributed by atoms with Crippen LogP contribution >= 0.6 is 23.2 Å². The fourth-order valence-corrected chi connectivity index (χ4v) is 2.32. The van der Waals surface area contributed by atoms with Crippen molar-refractivity contribution >= 4 is 23.2 Å². The maximum absolute atomic E-state index is 13.7. The molecule has 1 nitrogen and oxygen atoms in total. The smallest absolute Gasteiger partial charge is 0.148 e. The van der Waals surface area contributed by atoms with Crippen LogP contribution in [0.2, 0.25) is 10.0 Å². The van der Waals surface area contributed by atoms with Crippen molar-refractivity contribution in [1.82, 2.24) is 0 Å². The normalized spacial score (nSPS) is 18.7. The van der Waals surface area contributed by atoms with Crippen LogP contribution in [0.1, 0.15) is 30.9 Å². The van der Waals surface area contributed by atoms with Gasteiger partial charge in [0.1, 0.15) is 5.82 Å². The van der Waals surface area contributed by atoms with Gasteiger partial charge in [0, 0.05) is 16.6 Å². The SMILES string of the molecule is N[C@H](c1c(Cl)ccc(Cl)c1F)C1CCC1. The molecule has 82 valence electrons. The lowest BCUT2D eigenvalue weighted by Crippen LogP contribution is -2.28. The zero-order valence-electron chi connectivity index (χ0n) is 8.14. The van der Waals surface area contributed by atoms with Crippen molar-refractivity contribution < 1.29 is 4.39 Å². The molecule has 4 heteroatoms. The van der Waals surface area contributed by atoms with Crippen molar-refractivity contribution in [3.8, 4) is 0 Å². The third-order valence-electron chi connectivity index (χ3n) is 3.07. The van der Waals surface area contributed by atoms with Crippen LogP contribution in [0.4, 0.5) is 4.39 Å². The first-order valence-corrected chi connectivity index (χ1v) is 5.76. The van der Waals surface area contributed by atoms with E-state index in [9.17, 15) is 4.39 Å². The lowest BCUT2D eigenvalue weighted by Gasteiger charge is -2.32. The summed E-state index contributed by atoms with van der Waals surface area (Å²) in [4.78, 5) is 0. The summed E-state index contributed by atoms with van der Waals surface area (Å²) in [5.41, 5.74) is 6.36. The summed E-state index contributed by atoms with van der Waals surface area (Å²) in [7, 11) is 0. The van der Waals surface area contributed by atoms with Gasteiger partial charge in [0.15, 0.2) is 0 Å². The molecule has 1 saturated carbocycles. The predicted octanol–water partition coefficient (Wildman–Crippen LogP) is 3.93. The Labute approximate surface area is 98.4 Å². The molecular weight excluding hydrogens is 236 g/mol. The first kappa shape index (κ1) is 11.2. The van der Waals surface area contributed by atoms with Gasteiger partial charge in [-0.2, -0.15) is 0 Å². The first-order valence-electron chi connectivity index (χ1n) is 5.00. The minimum absolute atomic E-state index is 0.0872. The number of benzene rings is 1. The first-order chi connectivity index (χ1) is 7.11. The topological polar surface area (TPSA) is 26.0 Å². The van der Waals surface area contributed by atoms with Crippen LogP contribution in [-0.2, 0) is 0 Å². The molecule has 0 radical (unpaired) electrons. The highest BCUT2D eigenvalue weighted by molar-refractivity contribution is 6.33. The molecule has 0 bridgehead atoms. The Morgan fingerprint density at radius 1 is 1.27 bits per heavy atom. The van der Waals surface area contributed by atoms with Gasteiger partial charge in [0.2, 0.25) is 0 Å². The summed E-state index contributed by atoms with van der Waals surface area (Å²) in [6.45, 7) is 0. The Kier molecular flexibility index (Phi) is 3.19. The highest BCUT2D eigenvalue weighted by Gasteiger charge is 2.29. The second-order valence-corrected chi connectivity index (χ2v) is 4.79. The third-order valence-corrected chi connectivity index (χ3v) is 3.69. The number of rotatable bonds is 2. The molecule has 0 aliphatic heterocycles. The van der Waals surface area contributed by atoms with E-state index in [4.69, 9.17) is 28.9 Å². The highest BCUT2D eigenvalue weighted by atomic mass is 35.5. The van der Waals surface area contributed by atoms with Crippen LogP contribution < -0.4 is 5.73 Å². The zero-order chi connectivity index (χ0) is 11.0. The monoisotopic (exact) mass is 247 g/mol. The molecule has 15 heavy (non-hydrogen) atoms. The summed E-state index contributed by atoms with van der Waals surface area (Å²) in [5.74, 6) is -0.126. The van der Waals surface area contributed by atoms with Crippen LogP contribution in [0.25, 0.3) is 0 Å². The second-order valence-electron chi connectivity index (χ2n) is 3.97. The number of hydrogen-bond donors (Lipinski definition) is 1. The van der Waals surface area contributed by atoms with Crippen LogP contribution in [0.5, 0.6) is 0 Å². The molecule has 1 aliphatic carbocycles. The molecule has 1 aliphatic rings. The Balaban J connectivity index is 2.36. The van der Waals surface area contributed by atoms with Gasteiger partial charge < -0.3 is 5.73 Å². The molecule has 1 aromatic carbocycles. The van der Waals surface area contributed by atoms with Gasteiger partial charge in [-0.25, -0.2) is 4.39 Å². The maximum Gasteiger partial charge on any atom is 0.148 e. The van der Waals surface area contributed by atoms with Crippen molar-refractivity contribution in [2.24, 2.45) is 11.7 Å². The molecule has 0 heterocycles. The van der Waals surface area contributed by atoms with E-state index in [0.717, 1.165) is 19.3 Å². The lowest BCUT2D eigenvalue weighted by atomic mass is 9.77. The summed E-state index contributed by atoms with van der Waals surface area (Å²) >= 11 is 11.6. The number of hydrogen-bond acceptors (Lipinski definition) is 1. The molecule has 0 amide bonds. The predicted molar refractivity (Wildman–Crippen MR) is 60.7 cm³/mol. The van der Waals surface area contributed by atoms with Gasteiger partial charge in [0.25, 0.3) is 0 Å². The average Bonchev–Trinajstić information content (AvgIpc) is 2.09. The van der Waals surface area contributed by atoms with Gasteiger partial charge in [0.05, 0.1) is 5.02 Å². The van der Waals surface area contributed by atoms with Crippen LogP contribution in [0.3, 0.4) is 0 Å². The minimum atomic E-state index is -0.469. The van der Waals surface area contributed by atoms with Crippen LogP contribution in [-0.4, -0.2) is 0 Å². The fraction of sp³-hybridized carbons (Fsp3) is 0.455. The van der Waals surface area contributed by atoms with E-state index in [1.54, 1.807) is 6.07 Å². The molecule has 1 fully saturated rings. The summed E-state index contributed by atoms with van der Waals surface area (Å²) < 4.78 is 13.7. The quantitative estimate of drug-likeness (QED) is 0.788. The molecule has 0 aromatic heterocycles. The molecule has 0 saturated heterocycles. The van der Waals surface area contributed by atoms with Crippen molar-refractivity contribution in [2.75, 3.05) is 0 Å². The average molecular weight is 248 g/mol. The van der Waals surface area contributed by atoms with Crippen LogP contribution in [0, 0.1) is 11.7 Å². The molecule has 1 aromatic rings. The number of nitrogens with two attached hydrogens (primary N) is 1. The van der Waals surface area contributed by atoms with Gasteiger partial charge >= 0.3 is 0 Å². The Morgan fingerprint density at radius 3 is 2.40 bits per heavy atom. The fourth-order valence-electron chi connectivity index (χ4n) is 1.88. The van der Waals surface area contributed by atoms with E-state index in [2.05, 4.69) is 0 Å². The van der Waals surface area contributed by atoms with Gasteiger partial charge in [-0.15, -0.1) is 0 Å². The molecular formula is C11H12Cl2FN. The zero-order valence-corrected chi connectivity index (χ0v) is 9.65. The standard InChI is InChI=1S/C11H12Cl2FN/c12-7-4-5-8(13)10(14)9(7)11(15)6-2-1-3-6/h4-6,11H,1-3,15H2/t11-/m0/s1. The molecule has 2 rings (SSSR count). The van der Waals surface area contributed by atoms with Crippen molar-refractivity contribution in [3.63, 3.8) is 0 Å². The van der Waals surface area contributed by atoms with Crippen LogP contribution in [0.15, 0.2) is 12.1 Å². The van der Waals surface area contributed by atoms with Gasteiger partial charge in [-0.1, -0.05) is 29.6 Å². The third kappa shape index (κ3) is 1.99. The molecule has 0 unspecified atom stereocenters. The van der Waals surface area contributed by atoms with Crippen molar-refractivity contribution in [3.05, 3.63) is 33.6 Å². The maximum atomic E-state index is 13.7. The highest BCUT2D eigenvalue weighted by Crippen LogP contribution is 2.40. The lowest BCUT2D eigenvalue weighted by molar-refractivity contribution is 0.260. The number of halogens is 3. The molecule has 1 atom stereocenters. The summed E-state index contributed by atoms with van der Waals surface area (Å²) in [5, 5.41) is 0.459. The van der Waals surface area contributed by atoms with E-state index < -0.39 is 5.82 Å². The summed E-state index contributed by atoms with van der Waals surface area (Å²) in [6.07, 6.45) is 3.26. The van der Waals surface area contributed by atoms with Crippen molar-refractivity contribution in [1.29, 1.82) is 0 Å². The molecule has 0 spiro atoms. The molecule has 2 N–H and O–H groups in total. The van der Waals surface area contributed by atoms with E-state index >= 15 is 0 Å². The largest absolute Gasteiger partial charge is 0.324 e. The van der Waals surface area contributed by atoms with E-state index in [-0.39, 0.29) is 11.1 Å². The van der Waals surface area contributed by atoms with E-state index in [0.29, 0.717) is 16.5 Å². The Morgan fingerprint density at radius 2 is 1.87 bits per heavy atom. The van der Waals surface area contributed by atoms with Gasteiger partial charge in [-0.05, 0) is 30.9 Å². The van der Waals surface area contributed by atoms with Gasteiger partial charge in [-0.3, -0.25) is 0 Å². The Bertz CT molecular complexity index is 377. The summed E-state index contributed by atoms with van der Waals surface area (Å²) in [6, 6.07) is 2.72. The van der Waals surface area contributed by atoms with E-state index in [1.165, 1.54) is 6.07 Å². The second kappa shape index (κ2) is 4.28. The minimum Gasteiger partial charge on any atom is -0.324 e. The Hall–Kier alpha value is -0.310. The van der Waals surface area contributed by atoms with Crippen molar-refractivity contribution in [2.45, 2.75) is 25.3 Å².